The van der Waals surface area contributed by atoms with Crippen molar-refractivity contribution >= 4 is 22.4 Å². The van der Waals surface area contributed by atoms with Gasteiger partial charge in [-0.1, -0.05) is 6.07 Å². The van der Waals surface area contributed by atoms with Crippen LogP contribution in [0.15, 0.2) is 24.4 Å². The number of halogens is 2. The Balaban J connectivity index is 1.90. The maximum absolute atomic E-state index is 13.2. The van der Waals surface area contributed by atoms with Crippen molar-refractivity contribution in [3.8, 4) is 0 Å². The number of ether oxygens (including phenoxy) is 1. The predicted molar refractivity (Wildman–Crippen MR) is 81.0 cm³/mol. The highest BCUT2D eigenvalue weighted by Gasteiger charge is 2.08. The largest absolute Gasteiger partial charge is 0.385 e. The number of carbonyl (C=O) groups excluding carboxylic acids is 1. The van der Waals surface area contributed by atoms with Crippen molar-refractivity contribution in [1.29, 1.82) is 0 Å². The van der Waals surface area contributed by atoms with E-state index >= 15 is 0 Å². The van der Waals surface area contributed by atoms with Crippen LogP contribution in [-0.2, 0) is 16.0 Å². The van der Waals surface area contributed by atoms with Crippen LogP contribution in [0.1, 0.15) is 23.3 Å². The Labute approximate surface area is 131 Å². The van der Waals surface area contributed by atoms with Crippen LogP contribution in [0.2, 0.25) is 0 Å². The Morgan fingerprint density at radius 2 is 2.18 bits per heavy atom. The van der Waals surface area contributed by atoms with E-state index in [-0.39, 0.29) is 5.91 Å². The Morgan fingerprint density at radius 1 is 1.36 bits per heavy atom. The molecule has 0 atom stereocenters. The molecule has 0 aliphatic carbocycles. The van der Waals surface area contributed by atoms with Gasteiger partial charge in [0.15, 0.2) is 16.8 Å². The first-order valence-electron chi connectivity index (χ1n) is 6.76. The Bertz CT molecular complexity index is 646. The first-order chi connectivity index (χ1) is 10.6. The molecule has 0 saturated heterocycles. The van der Waals surface area contributed by atoms with E-state index in [0.29, 0.717) is 36.6 Å². The quantitative estimate of drug-likeness (QED) is 0.794. The number of aromatic nitrogens is 1. The number of rotatable bonds is 7. The number of thiazole rings is 1. The average molecular weight is 326 g/mol. The molecule has 1 N–H and O–H groups in total. The van der Waals surface area contributed by atoms with Gasteiger partial charge in [0, 0.05) is 37.6 Å². The van der Waals surface area contributed by atoms with Crippen LogP contribution in [0.4, 0.5) is 13.9 Å². The SMILES string of the molecule is COCCCC(=O)Nc1ncc(Cc2ccc(F)c(F)c2)s1. The summed E-state index contributed by atoms with van der Waals surface area (Å²) in [7, 11) is 1.59. The zero-order valence-corrected chi connectivity index (χ0v) is 12.9. The summed E-state index contributed by atoms with van der Waals surface area (Å²) in [6, 6.07) is 3.80. The Morgan fingerprint density at radius 3 is 2.91 bits per heavy atom. The number of hydrogen-bond acceptors (Lipinski definition) is 4. The maximum atomic E-state index is 13.2. The van der Waals surface area contributed by atoms with Crippen molar-refractivity contribution in [2.75, 3.05) is 19.0 Å². The van der Waals surface area contributed by atoms with Gasteiger partial charge in [0.1, 0.15) is 0 Å². The Kier molecular flexibility index (Phi) is 5.97. The smallest absolute Gasteiger partial charge is 0.226 e. The molecular weight excluding hydrogens is 310 g/mol. The second kappa shape index (κ2) is 7.95. The number of benzene rings is 1. The third kappa shape index (κ3) is 4.85. The summed E-state index contributed by atoms with van der Waals surface area (Å²) in [4.78, 5) is 16.6. The monoisotopic (exact) mass is 326 g/mol. The van der Waals surface area contributed by atoms with E-state index < -0.39 is 11.6 Å². The van der Waals surface area contributed by atoms with E-state index in [2.05, 4.69) is 10.3 Å². The van der Waals surface area contributed by atoms with Gasteiger partial charge in [0.05, 0.1) is 0 Å². The molecule has 2 aromatic rings. The summed E-state index contributed by atoms with van der Waals surface area (Å²) in [5.74, 6) is -1.85. The van der Waals surface area contributed by atoms with Gasteiger partial charge in [-0.05, 0) is 24.1 Å². The molecule has 1 heterocycles. The minimum Gasteiger partial charge on any atom is -0.385 e. The van der Waals surface area contributed by atoms with Gasteiger partial charge in [0.25, 0.3) is 0 Å². The summed E-state index contributed by atoms with van der Waals surface area (Å²) in [5, 5.41) is 3.21. The fraction of sp³-hybridized carbons (Fsp3) is 0.333. The van der Waals surface area contributed by atoms with Crippen molar-refractivity contribution in [3.63, 3.8) is 0 Å². The minimum absolute atomic E-state index is 0.120. The highest BCUT2D eigenvalue weighted by atomic mass is 32.1. The molecule has 0 radical (unpaired) electrons. The third-order valence-corrected chi connectivity index (χ3v) is 3.83. The van der Waals surface area contributed by atoms with Crippen molar-refractivity contribution in [2.24, 2.45) is 0 Å². The van der Waals surface area contributed by atoms with Crippen LogP contribution in [0.5, 0.6) is 0 Å². The summed E-state index contributed by atoms with van der Waals surface area (Å²) in [5.41, 5.74) is 0.653. The van der Waals surface area contributed by atoms with E-state index in [1.165, 1.54) is 17.4 Å². The number of nitrogens with one attached hydrogen (secondary N) is 1. The van der Waals surface area contributed by atoms with Crippen molar-refractivity contribution in [3.05, 3.63) is 46.5 Å². The van der Waals surface area contributed by atoms with Crippen LogP contribution in [-0.4, -0.2) is 24.6 Å². The van der Waals surface area contributed by atoms with Gasteiger partial charge in [0.2, 0.25) is 5.91 Å². The molecular formula is C15H16F2N2O2S. The van der Waals surface area contributed by atoms with E-state index in [9.17, 15) is 13.6 Å². The molecule has 0 spiro atoms. The van der Waals surface area contributed by atoms with Gasteiger partial charge in [-0.15, -0.1) is 11.3 Å². The fourth-order valence-corrected chi connectivity index (χ4v) is 2.72. The lowest BCUT2D eigenvalue weighted by molar-refractivity contribution is -0.116. The fourth-order valence-electron chi connectivity index (χ4n) is 1.86. The zero-order valence-electron chi connectivity index (χ0n) is 12.1. The van der Waals surface area contributed by atoms with Gasteiger partial charge in [-0.25, -0.2) is 13.8 Å². The lowest BCUT2D eigenvalue weighted by atomic mass is 10.1. The molecule has 0 fully saturated rings. The number of methoxy groups -OCH3 is 1. The average Bonchev–Trinajstić information content (AvgIpc) is 2.90. The van der Waals surface area contributed by atoms with E-state index in [1.54, 1.807) is 13.3 Å². The molecule has 0 bridgehead atoms. The van der Waals surface area contributed by atoms with E-state index in [4.69, 9.17) is 4.74 Å². The normalized spacial score (nSPS) is 10.7. The van der Waals surface area contributed by atoms with Crippen LogP contribution in [0.3, 0.4) is 0 Å². The maximum Gasteiger partial charge on any atom is 0.226 e. The van der Waals surface area contributed by atoms with Crippen LogP contribution in [0.25, 0.3) is 0 Å². The number of hydrogen-bond donors (Lipinski definition) is 1. The van der Waals surface area contributed by atoms with Gasteiger partial charge in [-0.2, -0.15) is 0 Å². The lowest BCUT2D eigenvalue weighted by Crippen LogP contribution is -2.11. The zero-order chi connectivity index (χ0) is 15.9. The molecule has 1 amide bonds. The first kappa shape index (κ1) is 16.5. The van der Waals surface area contributed by atoms with Crippen LogP contribution < -0.4 is 5.32 Å². The third-order valence-electron chi connectivity index (χ3n) is 2.91. The minimum atomic E-state index is -0.867. The molecule has 118 valence electrons. The van der Waals surface area contributed by atoms with Crippen molar-refractivity contribution < 1.29 is 18.3 Å². The molecule has 4 nitrogen and oxygen atoms in total. The lowest BCUT2D eigenvalue weighted by Gasteiger charge is -2.01. The predicted octanol–water partition coefficient (Wildman–Crippen LogP) is 3.38. The molecule has 0 unspecified atom stereocenters. The van der Waals surface area contributed by atoms with Gasteiger partial charge >= 0.3 is 0 Å². The summed E-state index contributed by atoms with van der Waals surface area (Å²) in [6.07, 6.45) is 3.08. The van der Waals surface area contributed by atoms with Gasteiger partial charge < -0.3 is 10.1 Å². The molecule has 2 rings (SSSR count). The summed E-state index contributed by atoms with van der Waals surface area (Å²) < 4.78 is 30.9. The highest BCUT2D eigenvalue weighted by Crippen LogP contribution is 2.22. The number of nitrogens with zero attached hydrogens (tertiary/aromatic N) is 1. The van der Waals surface area contributed by atoms with E-state index in [0.717, 1.165) is 17.0 Å². The van der Waals surface area contributed by atoms with Crippen LogP contribution in [0, 0.1) is 11.6 Å². The topological polar surface area (TPSA) is 51.2 Å². The molecule has 1 aromatic carbocycles. The molecule has 0 aliphatic heterocycles. The van der Waals surface area contributed by atoms with Crippen molar-refractivity contribution in [1.82, 2.24) is 4.98 Å². The number of anilines is 1. The molecule has 22 heavy (non-hydrogen) atoms. The second-order valence-corrected chi connectivity index (χ2v) is 5.82. The molecule has 7 heteroatoms. The highest BCUT2D eigenvalue weighted by molar-refractivity contribution is 7.15. The van der Waals surface area contributed by atoms with Crippen LogP contribution >= 0.6 is 11.3 Å². The Hall–Kier alpha value is -1.86. The summed E-state index contributed by atoms with van der Waals surface area (Å²) in [6.45, 7) is 0.534. The van der Waals surface area contributed by atoms with Gasteiger partial charge in [-0.3, -0.25) is 4.79 Å². The molecule has 1 aromatic heterocycles. The number of amides is 1. The number of carbonyl (C=O) groups is 1. The standard InChI is InChI=1S/C15H16F2N2O2S/c1-21-6-2-3-14(20)19-15-18-9-11(22-15)7-10-4-5-12(16)13(17)8-10/h4-5,8-9H,2-3,6-7H2,1H3,(H,18,19,20). The second-order valence-electron chi connectivity index (χ2n) is 4.70. The first-order valence-corrected chi connectivity index (χ1v) is 7.57. The summed E-state index contributed by atoms with van der Waals surface area (Å²) >= 11 is 1.31. The van der Waals surface area contributed by atoms with Crippen molar-refractivity contribution in [2.45, 2.75) is 19.3 Å². The van der Waals surface area contributed by atoms with E-state index in [1.807, 2.05) is 0 Å². The molecule has 0 saturated carbocycles. The molecule has 0 aliphatic rings.